The van der Waals surface area contributed by atoms with Crippen LogP contribution in [0.5, 0.6) is 0 Å². The number of fused-ring (bicyclic) bond motifs is 1. The standard InChI is InChI=1S/C11H12N2O/c1-12-7-10-9-5-3-2-4-8(9)6-13-11(10)14/h2-5,7,12H,6H2,1H3,(H,13,14). The quantitative estimate of drug-likeness (QED) is 0.642. The Balaban J connectivity index is 2.52. The molecule has 0 saturated carbocycles. The first kappa shape index (κ1) is 8.81. The lowest BCUT2D eigenvalue weighted by molar-refractivity contribution is -0.116. The summed E-state index contributed by atoms with van der Waals surface area (Å²) in [6, 6.07) is 7.92. The summed E-state index contributed by atoms with van der Waals surface area (Å²) < 4.78 is 0. The summed E-state index contributed by atoms with van der Waals surface area (Å²) in [5, 5.41) is 5.71. The molecular weight excluding hydrogens is 176 g/mol. The number of amides is 1. The molecule has 0 radical (unpaired) electrons. The van der Waals surface area contributed by atoms with Gasteiger partial charge in [-0.2, -0.15) is 0 Å². The molecule has 0 fully saturated rings. The summed E-state index contributed by atoms with van der Waals surface area (Å²) in [4.78, 5) is 11.5. The second kappa shape index (κ2) is 3.54. The van der Waals surface area contributed by atoms with Crippen LogP contribution in [0.3, 0.4) is 0 Å². The van der Waals surface area contributed by atoms with E-state index in [2.05, 4.69) is 10.6 Å². The van der Waals surface area contributed by atoms with Gasteiger partial charge in [0.2, 0.25) is 0 Å². The summed E-state index contributed by atoms with van der Waals surface area (Å²) in [5.41, 5.74) is 2.88. The predicted octanol–water partition coefficient (Wildman–Crippen LogP) is 0.877. The van der Waals surface area contributed by atoms with Crippen LogP contribution in [0.25, 0.3) is 5.57 Å². The van der Waals surface area contributed by atoms with Crippen LogP contribution in [-0.2, 0) is 11.3 Å². The van der Waals surface area contributed by atoms with Gasteiger partial charge in [0.15, 0.2) is 0 Å². The van der Waals surface area contributed by atoms with Crippen LogP contribution in [0, 0.1) is 0 Å². The third-order valence-corrected chi connectivity index (χ3v) is 2.28. The Hall–Kier alpha value is -1.77. The molecule has 0 atom stereocenters. The van der Waals surface area contributed by atoms with Crippen molar-refractivity contribution in [1.29, 1.82) is 0 Å². The molecule has 3 heteroatoms. The molecule has 1 heterocycles. The first-order valence-corrected chi connectivity index (χ1v) is 4.57. The third-order valence-electron chi connectivity index (χ3n) is 2.28. The number of carbonyl (C=O) groups is 1. The normalized spacial score (nSPS) is 17.5. The van der Waals surface area contributed by atoms with Gasteiger partial charge in [-0.05, 0) is 11.1 Å². The van der Waals surface area contributed by atoms with Gasteiger partial charge in [-0.1, -0.05) is 24.3 Å². The molecule has 72 valence electrons. The summed E-state index contributed by atoms with van der Waals surface area (Å²) in [6.45, 7) is 0.621. The van der Waals surface area contributed by atoms with E-state index in [4.69, 9.17) is 0 Å². The highest BCUT2D eigenvalue weighted by molar-refractivity contribution is 6.20. The van der Waals surface area contributed by atoms with Crippen molar-refractivity contribution in [3.8, 4) is 0 Å². The van der Waals surface area contributed by atoms with E-state index in [9.17, 15) is 4.79 Å². The van der Waals surface area contributed by atoms with E-state index < -0.39 is 0 Å². The van der Waals surface area contributed by atoms with Crippen molar-refractivity contribution in [3.05, 3.63) is 41.6 Å². The number of benzene rings is 1. The van der Waals surface area contributed by atoms with E-state index in [1.54, 1.807) is 13.2 Å². The van der Waals surface area contributed by atoms with E-state index in [0.717, 1.165) is 11.1 Å². The molecule has 0 aliphatic carbocycles. The number of hydrogen-bond donors (Lipinski definition) is 2. The maximum Gasteiger partial charge on any atom is 0.253 e. The zero-order valence-corrected chi connectivity index (χ0v) is 8.00. The van der Waals surface area contributed by atoms with Crippen LogP contribution < -0.4 is 10.6 Å². The largest absolute Gasteiger partial charge is 0.393 e. The van der Waals surface area contributed by atoms with Crippen molar-refractivity contribution >= 4 is 11.5 Å². The maximum absolute atomic E-state index is 11.5. The van der Waals surface area contributed by atoms with E-state index in [1.165, 1.54) is 0 Å². The molecule has 1 aromatic carbocycles. The Morgan fingerprint density at radius 3 is 3.00 bits per heavy atom. The third kappa shape index (κ3) is 1.37. The molecule has 0 unspecified atom stereocenters. The van der Waals surface area contributed by atoms with Gasteiger partial charge >= 0.3 is 0 Å². The molecule has 1 aliphatic heterocycles. The van der Waals surface area contributed by atoms with Gasteiger partial charge < -0.3 is 10.6 Å². The maximum atomic E-state index is 11.5. The van der Waals surface area contributed by atoms with Crippen LogP contribution in [0.15, 0.2) is 30.5 Å². The Labute approximate surface area is 82.8 Å². The predicted molar refractivity (Wildman–Crippen MR) is 55.3 cm³/mol. The molecule has 1 aliphatic rings. The SMILES string of the molecule is CNC=C1C(=O)NCc2ccccc21. The second-order valence-electron chi connectivity index (χ2n) is 3.19. The molecular formula is C11H12N2O. The summed E-state index contributed by atoms with van der Waals surface area (Å²) in [7, 11) is 1.79. The van der Waals surface area contributed by atoms with Crippen molar-refractivity contribution in [1.82, 2.24) is 10.6 Å². The lowest BCUT2D eigenvalue weighted by Crippen LogP contribution is -2.30. The second-order valence-corrected chi connectivity index (χ2v) is 3.19. The molecule has 14 heavy (non-hydrogen) atoms. The highest BCUT2D eigenvalue weighted by Gasteiger charge is 2.19. The van der Waals surface area contributed by atoms with Gasteiger partial charge in [-0.15, -0.1) is 0 Å². The van der Waals surface area contributed by atoms with Crippen molar-refractivity contribution < 1.29 is 4.79 Å². The zero-order chi connectivity index (χ0) is 9.97. The fraction of sp³-hybridized carbons (Fsp3) is 0.182. The average molecular weight is 188 g/mol. The molecule has 0 bridgehead atoms. The van der Waals surface area contributed by atoms with Gasteiger partial charge in [-0.25, -0.2) is 0 Å². The van der Waals surface area contributed by atoms with Gasteiger partial charge in [0.05, 0.1) is 5.57 Å². The van der Waals surface area contributed by atoms with Crippen molar-refractivity contribution in [2.24, 2.45) is 0 Å². The first-order chi connectivity index (χ1) is 6.83. The van der Waals surface area contributed by atoms with Crippen molar-refractivity contribution in [2.75, 3.05) is 7.05 Å². The van der Waals surface area contributed by atoms with Gasteiger partial charge in [0.25, 0.3) is 5.91 Å². The number of nitrogens with one attached hydrogen (secondary N) is 2. The molecule has 0 spiro atoms. The molecule has 0 saturated heterocycles. The zero-order valence-electron chi connectivity index (χ0n) is 8.00. The molecule has 3 nitrogen and oxygen atoms in total. The van der Waals surface area contributed by atoms with E-state index in [1.807, 2.05) is 24.3 Å². The first-order valence-electron chi connectivity index (χ1n) is 4.57. The molecule has 1 aromatic rings. The average Bonchev–Trinajstić information content (AvgIpc) is 2.23. The van der Waals surface area contributed by atoms with E-state index in [0.29, 0.717) is 12.1 Å². The fourth-order valence-electron chi connectivity index (χ4n) is 1.62. The highest BCUT2D eigenvalue weighted by atomic mass is 16.1. The van der Waals surface area contributed by atoms with E-state index >= 15 is 0 Å². The topological polar surface area (TPSA) is 41.1 Å². The monoisotopic (exact) mass is 188 g/mol. The van der Waals surface area contributed by atoms with Crippen molar-refractivity contribution in [3.63, 3.8) is 0 Å². The Morgan fingerprint density at radius 2 is 2.21 bits per heavy atom. The lowest BCUT2D eigenvalue weighted by atomic mass is 9.96. The minimum Gasteiger partial charge on any atom is -0.393 e. The van der Waals surface area contributed by atoms with Gasteiger partial charge in [-0.3, -0.25) is 4.79 Å². The minimum atomic E-state index is -0.0157. The van der Waals surface area contributed by atoms with Gasteiger partial charge in [0, 0.05) is 19.8 Å². The Morgan fingerprint density at radius 1 is 1.43 bits per heavy atom. The van der Waals surface area contributed by atoms with Crippen LogP contribution in [-0.4, -0.2) is 13.0 Å². The van der Waals surface area contributed by atoms with Crippen LogP contribution >= 0.6 is 0 Å². The number of rotatable bonds is 1. The summed E-state index contributed by atoms with van der Waals surface area (Å²) in [5.74, 6) is -0.0157. The van der Waals surface area contributed by atoms with Crippen molar-refractivity contribution in [2.45, 2.75) is 6.54 Å². The Kier molecular flexibility index (Phi) is 2.23. The Bertz CT molecular complexity index is 396. The van der Waals surface area contributed by atoms with Crippen LogP contribution in [0.2, 0.25) is 0 Å². The minimum absolute atomic E-state index is 0.0157. The molecule has 2 rings (SSSR count). The molecule has 0 aromatic heterocycles. The fourth-order valence-corrected chi connectivity index (χ4v) is 1.62. The lowest BCUT2D eigenvalue weighted by Gasteiger charge is -2.19. The van der Waals surface area contributed by atoms with E-state index in [-0.39, 0.29) is 5.91 Å². The summed E-state index contributed by atoms with van der Waals surface area (Å²) in [6.07, 6.45) is 1.73. The molecule has 1 amide bonds. The number of carbonyl (C=O) groups excluding carboxylic acids is 1. The smallest absolute Gasteiger partial charge is 0.253 e. The van der Waals surface area contributed by atoms with Crippen LogP contribution in [0.1, 0.15) is 11.1 Å². The molecule has 2 N–H and O–H groups in total. The van der Waals surface area contributed by atoms with Crippen LogP contribution in [0.4, 0.5) is 0 Å². The highest BCUT2D eigenvalue weighted by Crippen LogP contribution is 2.22. The summed E-state index contributed by atoms with van der Waals surface area (Å²) >= 11 is 0. The number of hydrogen-bond acceptors (Lipinski definition) is 2. The van der Waals surface area contributed by atoms with Gasteiger partial charge in [0.1, 0.15) is 0 Å².